The maximum atomic E-state index is 13.4. The van der Waals surface area contributed by atoms with Gasteiger partial charge in [0.25, 0.3) is 0 Å². The molecule has 9 heteroatoms. The van der Waals surface area contributed by atoms with Gasteiger partial charge in [0.05, 0.1) is 20.2 Å². The zero-order valence-corrected chi connectivity index (χ0v) is 19.2. The third-order valence-corrected chi connectivity index (χ3v) is 6.09. The number of amides is 1. The lowest BCUT2D eigenvalue weighted by atomic mass is 9.97. The van der Waals surface area contributed by atoms with Crippen molar-refractivity contribution in [1.82, 2.24) is 15.5 Å². The van der Waals surface area contributed by atoms with Gasteiger partial charge in [0, 0.05) is 12.6 Å². The van der Waals surface area contributed by atoms with Crippen molar-refractivity contribution < 1.29 is 19.1 Å². The van der Waals surface area contributed by atoms with Gasteiger partial charge in [0.15, 0.2) is 5.78 Å². The van der Waals surface area contributed by atoms with Gasteiger partial charge in [-0.1, -0.05) is 30.3 Å². The van der Waals surface area contributed by atoms with E-state index in [0.717, 1.165) is 24.9 Å². The normalized spacial score (nSPS) is 17.7. The molecule has 0 aliphatic carbocycles. The fraction of sp³-hybridized carbons (Fsp3) is 0.591. The van der Waals surface area contributed by atoms with Crippen LogP contribution in [0.3, 0.4) is 0 Å². The molecule has 172 valence electrons. The van der Waals surface area contributed by atoms with E-state index in [1.165, 1.54) is 12.0 Å². The van der Waals surface area contributed by atoms with E-state index in [-0.39, 0.29) is 30.8 Å². The van der Waals surface area contributed by atoms with Crippen LogP contribution in [0.4, 0.5) is 0 Å². The highest BCUT2D eigenvalue weighted by atomic mass is 32.2. The second-order valence-electron chi connectivity index (χ2n) is 7.53. The van der Waals surface area contributed by atoms with E-state index in [0.29, 0.717) is 18.7 Å². The van der Waals surface area contributed by atoms with E-state index >= 15 is 0 Å². The number of carbonyl (C=O) groups excluding carboxylic acids is 3. The lowest BCUT2D eigenvalue weighted by Gasteiger charge is -2.39. The highest BCUT2D eigenvalue weighted by Gasteiger charge is 2.42. The van der Waals surface area contributed by atoms with Crippen LogP contribution in [0, 0.1) is 0 Å². The molecular weight excluding hydrogens is 416 g/mol. The summed E-state index contributed by atoms with van der Waals surface area (Å²) in [6.45, 7) is 1.08. The van der Waals surface area contributed by atoms with E-state index in [1.54, 1.807) is 11.8 Å². The number of nitrogens with two attached hydrogens (primary N) is 1. The average molecular weight is 451 g/mol. The first-order valence-corrected chi connectivity index (χ1v) is 12.0. The summed E-state index contributed by atoms with van der Waals surface area (Å²) in [5.74, 6) is -0.428. The molecule has 3 atom stereocenters. The zero-order chi connectivity index (χ0) is 22.6. The maximum absolute atomic E-state index is 13.4. The molecular formula is C22H34N4O4S. The van der Waals surface area contributed by atoms with Crippen LogP contribution in [0.5, 0.6) is 0 Å². The Hall–Kier alpha value is -1.94. The van der Waals surface area contributed by atoms with E-state index in [4.69, 9.17) is 10.5 Å². The molecule has 4 N–H and O–H groups in total. The van der Waals surface area contributed by atoms with Crippen LogP contribution in [0.2, 0.25) is 0 Å². The van der Waals surface area contributed by atoms with Crippen molar-refractivity contribution >= 4 is 29.4 Å². The van der Waals surface area contributed by atoms with Crippen LogP contribution in [0.25, 0.3) is 0 Å². The minimum absolute atomic E-state index is 0.00271. The Morgan fingerprint density at radius 3 is 2.65 bits per heavy atom. The van der Waals surface area contributed by atoms with Crippen LogP contribution in [0.1, 0.15) is 24.8 Å². The molecule has 1 saturated heterocycles. The second-order valence-corrected chi connectivity index (χ2v) is 8.51. The molecule has 1 aliphatic rings. The van der Waals surface area contributed by atoms with Crippen molar-refractivity contribution in [3.63, 3.8) is 0 Å². The first kappa shape index (κ1) is 25.3. The number of hydrogen-bond donors (Lipinski definition) is 3. The topological polar surface area (TPSA) is 114 Å². The smallest absolute Gasteiger partial charge is 0.328 e. The lowest BCUT2D eigenvalue weighted by Crippen LogP contribution is -2.62. The standard InChI is InChI=1S/C22H34N4O4S/c1-30-22(29)18(10-12-31-2)26(21(19(27)13-23)17-9-6-11-25-17)20(28)15-24-14-16-7-4-3-5-8-16/h3-5,7-8,17-18,21,24-25H,6,9-15,23H2,1-2H3. The van der Waals surface area contributed by atoms with Gasteiger partial charge in [-0.25, -0.2) is 4.79 Å². The van der Waals surface area contributed by atoms with Gasteiger partial charge < -0.3 is 26.0 Å². The highest BCUT2D eigenvalue weighted by Crippen LogP contribution is 2.21. The van der Waals surface area contributed by atoms with Crippen molar-refractivity contribution in [1.29, 1.82) is 0 Å². The Labute approximate surface area is 188 Å². The van der Waals surface area contributed by atoms with Gasteiger partial charge >= 0.3 is 5.97 Å². The van der Waals surface area contributed by atoms with E-state index in [1.807, 2.05) is 36.6 Å². The third-order valence-electron chi connectivity index (χ3n) is 5.45. The van der Waals surface area contributed by atoms with Gasteiger partial charge in [0.2, 0.25) is 5.91 Å². The summed E-state index contributed by atoms with van der Waals surface area (Å²) < 4.78 is 5.02. The maximum Gasteiger partial charge on any atom is 0.328 e. The minimum Gasteiger partial charge on any atom is -0.467 e. The monoisotopic (exact) mass is 450 g/mol. The van der Waals surface area contributed by atoms with Crippen molar-refractivity contribution in [2.24, 2.45) is 5.73 Å². The quantitative estimate of drug-likeness (QED) is 0.373. The Morgan fingerprint density at radius 2 is 2.06 bits per heavy atom. The molecule has 1 aromatic carbocycles. The molecule has 0 spiro atoms. The van der Waals surface area contributed by atoms with Crippen LogP contribution in [-0.2, 0) is 25.7 Å². The number of ketones is 1. The Balaban J connectivity index is 2.27. The number of carbonyl (C=O) groups is 3. The molecule has 1 aliphatic heterocycles. The summed E-state index contributed by atoms with van der Waals surface area (Å²) in [5, 5.41) is 6.45. The van der Waals surface area contributed by atoms with E-state index < -0.39 is 18.1 Å². The zero-order valence-electron chi connectivity index (χ0n) is 18.3. The number of rotatable bonds is 13. The van der Waals surface area contributed by atoms with Crippen LogP contribution in [0.15, 0.2) is 30.3 Å². The number of nitrogens with one attached hydrogen (secondary N) is 2. The minimum atomic E-state index is -0.841. The summed E-state index contributed by atoms with van der Waals surface area (Å²) in [6, 6.07) is 7.86. The summed E-state index contributed by atoms with van der Waals surface area (Å²) >= 11 is 1.57. The molecule has 8 nitrogen and oxygen atoms in total. The van der Waals surface area contributed by atoms with Gasteiger partial charge in [-0.2, -0.15) is 11.8 Å². The summed E-state index contributed by atoms with van der Waals surface area (Å²) in [7, 11) is 1.30. The number of methoxy groups -OCH3 is 1. The molecule has 1 heterocycles. The molecule has 0 saturated carbocycles. The fourth-order valence-corrected chi connectivity index (χ4v) is 4.39. The first-order valence-electron chi connectivity index (χ1n) is 10.6. The van der Waals surface area contributed by atoms with Gasteiger partial charge in [-0.15, -0.1) is 0 Å². The van der Waals surface area contributed by atoms with Gasteiger partial charge in [-0.3, -0.25) is 9.59 Å². The molecule has 0 radical (unpaired) electrons. The van der Waals surface area contributed by atoms with Crippen LogP contribution < -0.4 is 16.4 Å². The summed E-state index contributed by atoms with van der Waals surface area (Å²) in [6.07, 6.45) is 3.98. The number of Topliss-reactive ketones (excluding diaryl/α,β-unsaturated/α-hetero) is 1. The first-order chi connectivity index (χ1) is 15.0. The molecule has 2 rings (SSSR count). The largest absolute Gasteiger partial charge is 0.467 e. The molecule has 1 aromatic rings. The number of hydrogen-bond acceptors (Lipinski definition) is 8. The SMILES string of the molecule is COC(=O)C(CCSC)N(C(=O)CNCc1ccccc1)C(C(=O)CN)C1CCCN1. The van der Waals surface area contributed by atoms with Crippen LogP contribution in [-0.4, -0.2) is 79.4 Å². The Morgan fingerprint density at radius 1 is 1.32 bits per heavy atom. The number of thioether (sulfide) groups is 1. The molecule has 31 heavy (non-hydrogen) atoms. The number of nitrogens with zero attached hydrogens (tertiary/aromatic N) is 1. The molecule has 0 aromatic heterocycles. The highest BCUT2D eigenvalue weighted by molar-refractivity contribution is 7.98. The van der Waals surface area contributed by atoms with Crippen molar-refractivity contribution in [3.05, 3.63) is 35.9 Å². The predicted octanol–water partition coefficient (Wildman–Crippen LogP) is 0.548. The number of ether oxygens (including phenoxy) is 1. The van der Waals surface area contributed by atoms with Crippen molar-refractivity contribution in [2.45, 2.75) is 43.9 Å². The van der Waals surface area contributed by atoms with E-state index in [2.05, 4.69) is 10.6 Å². The molecule has 1 fully saturated rings. The van der Waals surface area contributed by atoms with E-state index in [9.17, 15) is 14.4 Å². The number of esters is 1. The molecule has 1 amide bonds. The predicted molar refractivity (Wildman–Crippen MR) is 123 cm³/mol. The average Bonchev–Trinajstić information content (AvgIpc) is 3.32. The van der Waals surface area contributed by atoms with Crippen LogP contribution >= 0.6 is 11.8 Å². The Bertz CT molecular complexity index is 713. The van der Waals surface area contributed by atoms with Gasteiger partial charge in [-0.05, 0) is 43.4 Å². The third kappa shape index (κ3) is 7.31. The molecule has 3 unspecified atom stereocenters. The Kier molecular flexibility index (Phi) is 11.0. The fourth-order valence-electron chi connectivity index (χ4n) is 3.93. The van der Waals surface area contributed by atoms with Crippen molar-refractivity contribution in [3.8, 4) is 0 Å². The summed E-state index contributed by atoms with van der Waals surface area (Å²) in [4.78, 5) is 40.4. The van der Waals surface area contributed by atoms with Crippen molar-refractivity contribution in [2.75, 3.05) is 38.8 Å². The molecule has 0 bridgehead atoms. The lowest BCUT2D eigenvalue weighted by molar-refractivity contribution is -0.157. The van der Waals surface area contributed by atoms with Gasteiger partial charge in [0.1, 0.15) is 12.1 Å². The summed E-state index contributed by atoms with van der Waals surface area (Å²) in [5.41, 5.74) is 6.75. The number of benzene rings is 1. The second kappa shape index (κ2) is 13.5.